The van der Waals surface area contributed by atoms with Crippen LogP contribution >= 0.6 is 0 Å². The monoisotopic (exact) mass is 214 g/mol. The molecule has 0 aliphatic carbocycles. The molecule has 0 heterocycles. The number of allylic oxidation sites excluding steroid dienone is 1. The number of hydrogen-bond acceptors (Lipinski definition) is 3. The molecular weight excluding hydrogens is 192 g/mol. The highest BCUT2D eigenvalue weighted by Gasteiger charge is 2.24. The normalized spacial score (nSPS) is 14.2. The molecule has 0 saturated heterocycles. The van der Waals surface area contributed by atoms with E-state index in [2.05, 4.69) is 0 Å². The van der Waals surface area contributed by atoms with Crippen LogP contribution in [0.25, 0.3) is 0 Å². The Balaban J connectivity index is 4.11. The third-order valence-electron chi connectivity index (χ3n) is 2.20. The van der Waals surface area contributed by atoms with Gasteiger partial charge >= 0.3 is 5.97 Å². The van der Waals surface area contributed by atoms with Crippen molar-refractivity contribution in [2.75, 3.05) is 13.2 Å². The van der Waals surface area contributed by atoms with Crippen LogP contribution in [0.1, 0.15) is 40.5 Å². The first-order chi connectivity index (χ1) is 6.93. The summed E-state index contributed by atoms with van der Waals surface area (Å²) < 4.78 is 5.09. The average molecular weight is 214 g/mol. The number of carbonyl (C=O) groups excluding carboxylic acids is 1. The van der Waals surface area contributed by atoms with Crippen molar-refractivity contribution in [3.63, 3.8) is 0 Å². The van der Waals surface area contributed by atoms with Crippen molar-refractivity contribution in [2.45, 2.75) is 40.5 Å². The van der Waals surface area contributed by atoms with Crippen LogP contribution in [0.4, 0.5) is 0 Å². The van der Waals surface area contributed by atoms with Gasteiger partial charge in [0.15, 0.2) is 0 Å². The van der Waals surface area contributed by atoms with E-state index >= 15 is 0 Å². The van der Waals surface area contributed by atoms with Crippen molar-refractivity contribution >= 4 is 5.97 Å². The van der Waals surface area contributed by atoms with Gasteiger partial charge in [0.25, 0.3) is 0 Å². The van der Waals surface area contributed by atoms with Crippen LogP contribution in [0, 0.1) is 5.41 Å². The quantitative estimate of drug-likeness (QED) is 0.545. The predicted molar refractivity (Wildman–Crippen MR) is 60.5 cm³/mol. The molecule has 1 N–H and O–H groups in total. The Morgan fingerprint density at radius 2 is 2.07 bits per heavy atom. The number of rotatable bonds is 6. The molecule has 15 heavy (non-hydrogen) atoms. The second kappa shape index (κ2) is 6.62. The molecule has 0 fully saturated rings. The summed E-state index contributed by atoms with van der Waals surface area (Å²) in [6.07, 6.45) is 3.28. The molecule has 3 nitrogen and oxygen atoms in total. The molecule has 0 aromatic heterocycles. The second-order valence-corrected chi connectivity index (χ2v) is 4.55. The van der Waals surface area contributed by atoms with Gasteiger partial charge < -0.3 is 9.84 Å². The second-order valence-electron chi connectivity index (χ2n) is 4.55. The summed E-state index contributed by atoms with van der Waals surface area (Å²) in [5, 5.41) is 9.20. The molecule has 0 radical (unpaired) electrons. The van der Waals surface area contributed by atoms with Gasteiger partial charge in [-0.05, 0) is 20.3 Å². The minimum absolute atomic E-state index is 0.0446. The summed E-state index contributed by atoms with van der Waals surface area (Å²) in [5.41, 5.74) is 0.612. The number of aliphatic hydroxyl groups excluding tert-OH is 1. The van der Waals surface area contributed by atoms with Gasteiger partial charge in [0.2, 0.25) is 0 Å². The molecule has 0 rings (SSSR count). The molecule has 0 amide bonds. The molecular formula is C12H22O3. The molecule has 1 atom stereocenters. The van der Waals surface area contributed by atoms with E-state index in [1.807, 2.05) is 27.7 Å². The molecule has 1 unspecified atom stereocenters. The van der Waals surface area contributed by atoms with Crippen LogP contribution in [-0.2, 0) is 9.53 Å². The maximum absolute atomic E-state index is 11.2. The number of esters is 1. The maximum Gasteiger partial charge on any atom is 0.330 e. The van der Waals surface area contributed by atoms with Crippen LogP contribution in [0.2, 0.25) is 0 Å². The van der Waals surface area contributed by atoms with Crippen LogP contribution < -0.4 is 0 Å². The summed E-state index contributed by atoms with van der Waals surface area (Å²) in [4.78, 5) is 11.2. The Labute approximate surface area is 92.1 Å². The van der Waals surface area contributed by atoms with Gasteiger partial charge in [-0.25, -0.2) is 4.79 Å². The van der Waals surface area contributed by atoms with Crippen molar-refractivity contribution in [2.24, 2.45) is 5.41 Å². The highest BCUT2D eigenvalue weighted by Crippen LogP contribution is 2.22. The third kappa shape index (κ3) is 6.28. The van der Waals surface area contributed by atoms with E-state index in [4.69, 9.17) is 4.74 Å². The Morgan fingerprint density at radius 1 is 1.47 bits per heavy atom. The highest BCUT2D eigenvalue weighted by atomic mass is 16.5. The SMILES string of the molecule is CCCC(C)(CO)COC(=O)C=C(C)C. The van der Waals surface area contributed by atoms with Gasteiger partial charge in [-0.1, -0.05) is 25.8 Å². The van der Waals surface area contributed by atoms with Gasteiger partial charge in [-0.2, -0.15) is 0 Å². The summed E-state index contributed by atoms with van der Waals surface area (Å²) in [7, 11) is 0. The van der Waals surface area contributed by atoms with Gasteiger partial charge in [0.05, 0.1) is 13.2 Å². The largest absolute Gasteiger partial charge is 0.462 e. The first kappa shape index (κ1) is 14.2. The molecule has 0 spiro atoms. The fourth-order valence-electron chi connectivity index (χ4n) is 1.32. The van der Waals surface area contributed by atoms with Crippen molar-refractivity contribution in [1.29, 1.82) is 0 Å². The third-order valence-corrected chi connectivity index (χ3v) is 2.20. The Morgan fingerprint density at radius 3 is 2.47 bits per heavy atom. The van der Waals surface area contributed by atoms with E-state index in [0.717, 1.165) is 18.4 Å². The van der Waals surface area contributed by atoms with Crippen LogP contribution in [-0.4, -0.2) is 24.3 Å². The van der Waals surface area contributed by atoms with Crippen molar-refractivity contribution < 1.29 is 14.6 Å². The van der Waals surface area contributed by atoms with Gasteiger partial charge in [0.1, 0.15) is 0 Å². The van der Waals surface area contributed by atoms with Crippen molar-refractivity contribution in [3.05, 3.63) is 11.6 Å². The van der Waals surface area contributed by atoms with Crippen molar-refractivity contribution in [1.82, 2.24) is 0 Å². The van der Waals surface area contributed by atoms with E-state index < -0.39 is 0 Å². The first-order valence-electron chi connectivity index (χ1n) is 5.36. The maximum atomic E-state index is 11.2. The first-order valence-corrected chi connectivity index (χ1v) is 5.36. The minimum atomic E-state index is -0.328. The molecule has 0 saturated carbocycles. The number of aliphatic hydroxyl groups is 1. The molecule has 0 aromatic carbocycles. The lowest BCUT2D eigenvalue weighted by Gasteiger charge is -2.25. The molecule has 0 aromatic rings. The minimum Gasteiger partial charge on any atom is -0.462 e. The fourth-order valence-corrected chi connectivity index (χ4v) is 1.32. The zero-order valence-corrected chi connectivity index (χ0v) is 10.2. The number of carbonyl (C=O) groups is 1. The molecule has 0 bridgehead atoms. The number of ether oxygens (including phenoxy) is 1. The predicted octanol–water partition coefficient (Wildman–Crippen LogP) is 2.29. The lowest BCUT2D eigenvalue weighted by molar-refractivity contribution is -0.142. The summed E-state index contributed by atoms with van der Waals surface area (Å²) in [6.45, 7) is 7.98. The molecule has 0 aliphatic rings. The Bertz CT molecular complexity index is 229. The van der Waals surface area contributed by atoms with E-state index in [1.165, 1.54) is 6.08 Å². The Kier molecular flexibility index (Phi) is 6.25. The van der Waals surface area contributed by atoms with E-state index in [0.29, 0.717) is 0 Å². The lowest BCUT2D eigenvalue weighted by Crippen LogP contribution is -2.28. The zero-order valence-electron chi connectivity index (χ0n) is 10.2. The standard InChI is InChI=1S/C12H22O3/c1-5-6-12(4,8-13)9-15-11(14)7-10(2)3/h7,13H,5-6,8-9H2,1-4H3. The van der Waals surface area contributed by atoms with Crippen LogP contribution in [0.5, 0.6) is 0 Å². The van der Waals surface area contributed by atoms with Crippen molar-refractivity contribution in [3.8, 4) is 0 Å². The summed E-state index contributed by atoms with van der Waals surface area (Å²) >= 11 is 0. The highest BCUT2D eigenvalue weighted by molar-refractivity contribution is 5.82. The van der Waals surface area contributed by atoms with E-state index in [9.17, 15) is 9.90 Å². The molecule has 0 aliphatic heterocycles. The smallest absolute Gasteiger partial charge is 0.330 e. The van der Waals surface area contributed by atoms with E-state index in [1.54, 1.807) is 0 Å². The summed E-state index contributed by atoms with van der Waals surface area (Å²) in [6, 6.07) is 0. The lowest BCUT2D eigenvalue weighted by atomic mass is 9.88. The zero-order chi connectivity index (χ0) is 11.9. The molecule has 88 valence electrons. The topological polar surface area (TPSA) is 46.5 Å². The fraction of sp³-hybridized carbons (Fsp3) is 0.750. The van der Waals surface area contributed by atoms with Gasteiger partial charge in [0, 0.05) is 11.5 Å². The summed E-state index contributed by atoms with van der Waals surface area (Å²) in [5.74, 6) is -0.328. The van der Waals surface area contributed by atoms with E-state index in [-0.39, 0.29) is 24.6 Å². The Hall–Kier alpha value is -0.830. The van der Waals surface area contributed by atoms with Crippen LogP contribution in [0.15, 0.2) is 11.6 Å². The molecule has 3 heteroatoms. The van der Waals surface area contributed by atoms with Gasteiger partial charge in [-0.3, -0.25) is 0 Å². The van der Waals surface area contributed by atoms with Crippen LogP contribution in [0.3, 0.4) is 0 Å². The average Bonchev–Trinajstić information content (AvgIpc) is 2.14. The van der Waals surface area contributed by atoms with Gasteiger partial charge in [-0.15, -0.1) is 0 Å². The number of hydrogen-bond donors (Lipinski definition) is 1.